The fraction of sp³-hybridized carbons (Fsp3) is 0.208. The molecule has 8 nitrogen and oxygen atoms in total. The topological polar surface area (TPSA) is 106 Å². The zero-order valence-corrected chi connectivity index (χ0v) is 18.0. The molecule has 1 aromatic carbocycles. The van der Waals surface area contributed by atoms with Crippen LogP contribution in [0.4, 0.5) is 0 Å². The van der Waals surface area contributed by atoms with Crippen LogP contribution in [0.3, 0.4) is 0 Å². The maximum absolute atomic E-state index is 13.8. The van der Waals surface area contributed by atoms with Crippen LogP contribution in [-0.4, -0.2) is 29.7 Å². The summed E-state index contributed by atoms with van der Waals surface area (Å²) in [5.41, 5.74) is 8.45. The molecule has 0 unspecified atom stereocenters. The van der Waals surface area contributed by atoms with E-state index in [1.807, 2.05) is 25.1 Å². The molecule has 0 aliphatic carbocycles. The number of ether oxygens (including phenoxy) is 3. The maximum Gasteiger partial charge on any atom is 0.340 e. The van der Waals surface area contributed by atoms with Crippen LogP contribution in [0.15, 0.2) is 71.1 Å². The fourth-order valence-corrected chi connectivity index (χ4v) is 3.92. The minimum atomic E-state index is -0.783. The molecule has 1 aliphatic heterocycles. The molecular weight excluding hydrogens is 410 g/mol. The molecule has 0 spiro atoms. The monoisotopic (exact) mass is 433 g/mol. The Labute approximate surface area is 184 Å². The number of aryl methyl sites for hydroxylation is 1. The number of hydrogen-bond acceptors (Lipinski definition) is 7. The van der Waals surface area contributed by atoms with Gasteiger partial charge in [-0.25, -0.2) is 4.79 Å². The Kier molecular flexibility index (Phi) is 5.68. The highest BCUT2D eigenvalue weighted by Gasteiger charge is 2.38. The summed E-state index contributed by atoms with van der Waals surface area (Å²) in [6.45, 7) is 2.14. The Hall–Kier alpha value is -4.07. The standard InChI is InChI=1S/C24H23N3O5/c1-14-10-18-20(23(28)27(14)13-15-6-5-9-26-12-15)19(16-7-4-8-17(11-16)30-2)21(22(25)32-18)24(29)31-3/h4-12,19H,13,25H2,1-3H3/t19-/m1/s1. The molecule has 32 heavy (non-hydrogen) atoms. The lowest BCUT2D eigenvalue weighted by atomic mass is 9.83. The first-order valence-corrected chi connectivity index (χ1v) is 9.97. The first kappa shape index (κ1) is 21.2. The van der Waals surface area contributed by atoms with Gasteiger partial charge in [-0.1, -0.05) is 18.2 Å². The van der Waals surface area contributed by atoms with Gasteiger partial charge >= 0.3 is 5.97 Å². The molecule has 2 aromatic heterocycles. The summed E-state index contributed by atoms with van der Waals surface area (Å²) in [6, 6.07) is 12.6. The Balaban J connectivity index is 1.95. The van der Waals surface area contributed by atoms with Gasteiger partial charge in [0.2, 0.25) is 5.88 Å². The van der Waals surface area contributed by atoms with Crippen molar-refractivity contribution in [3.8, 4) is 11.5 Å². The number of nitrogens with two attached hydrogens (primary N) is 1. The van der Waals surface area contributed by atoms with Crippen LogP contribution in [0.5, 0.6) is 11.5 Å². The van der Waals surface area contributed by atoms with E-state index in [1.54, 1.807) is 48.3 Å². The van der Waals surface area contributed by atoms with Crippen LogP contribution in [-0.2, 0) is 16.1 Å². The van der Waals surface area contributed by atoms with E-state index in [0.29, 0.717) is 34.9 Å². The van der Waals surface area contributed by atoms with Gasteiger partial charge in [-0.2, -0.15) is 0 Å². The smallest absolute Gasteiger partial charge is 0.340 e. The van der Waals surface area contributed by atoms with E-state index < -0.39 is 11.9 Å². The van der Waals surface area contributed by atoms with Crippen molar-refractivity contribution in [2.45, 2.75) is 19.4 Å². The van der Waals surface area contributed by atoms with E-state index in [4.69, 9.17) is 19.9 Å². The normalized spacial score (nSPS) is 15.0. The lowest BCUT2D eigenvalue weighted by Crippen LogP contribution is -2.35. The average Bonchev–Trinajstić information content (AvgIpc) is 2.81. The molecule has 1 atom stereocenters. The second-order valence-electron chi connectivity index (χ2n) is 7.40. The lowest BCUT2D eigenvalue weighted by molar-refractivity contribution is -0.136. The quantitative estimate of drug-likeness (QED) is 0.616. The second-order valence-corrected chi connectivity index (χ2v) is 7.40. The largest absolute Gasteiger partial charge is 0.497 e. The summed E-state index contributed by atoms with van der Waals surface area (Å²) in [7, 11) is 2.81. The fourth-order valence-electron chi connectivity index (χ4n) is 3.92. The molecule has 2 N–H and O–H groups in total. The van der Waals surface area contributed by atoms with E-state index in [-0.39, 0.29) is 17.0 Å². The highest BCUT2D eigenvalue weighted by atomic mass is 16.5. The van der Waals surface area contributed by atoms with Crippen molar-refractivity contribution in [2.24, 2.45) is 5.73 Å². The van der Waals surface area contributed by atoms with Gasteiger partial charge in [0.05, 0.1) is 32.2 Å². The molecule has 3 heterocycles. The number of hydrogen-bond donors (Lipinski definition) is 1. The molecule has 0 amide bonds. The number of carbonyl (C=O) groups excluding carboxylic acids is 1. The highest BCUT2D eigenvalue weighted by molar-refractivity contribution is 5.92. The first-order valence-electron chi connectivity index (χ1n) is 9.97. The minimum Gasteiger partial charge on any atom is -0.497 e. The number of aromatic nitrogens is 2. The molecule has 0 fully saturated rings. The molecule has 0 saturated carbocycles. The third-order valence-electron chi connectivity index (χ3n) is 5.47. The van der Waals surface area contributed by atoms with Crippen molar-refractivity contribution < 1.29 is 19.0 Å². The van der Waals surface area contributed by atoms with Crippen LogP contribution >= 0.6 is 0 Å². The lowest BCUT2D eigenvalue weighted by Gasteiger charge is -2.29. The minimum absolute atomic E-state index is 0.0714. The van der Waals surface area contributed by atoms with Crippen molar-refractivity contribution in [1.29, 1.82) is 0 Å². The van der Waals surface area contributed by atoms with Gasteiger partial charge in [0, 0.05) is 24.2 Å². The number of carbonyl (C=O) groups is 1. The predicted octanol–water partition coefficient (Wildman–Crippen LogP) is 2.48. The van der Waals surface area contributed by atoms with Crippen LogP contribution in [0.1, 0.15) is 28.3 Å². The van der Waals surface area contributed by atoms with E-state index in [0.717, 1.165) is 5.56 Å². The van der Waals surface area contributed by atoms with E-state index in [1.165, 1.54) is 7.11 Å². The predicted molar refractivity (Wildman–Crippen MR) is 117 cm³/mol. The van der Waals surface area contributed by atoms with Crippen molar-refractivity contribution in [1.82, 2.24) is 9.55 Å². The van der Waals surface area contributed by atoms with Crippen LogP contribution < -0.4 is 20.8 Å². The number of nitrogens with zero attached hydrogens (tertiary/aromatic N) is 2. The number of methoxy groups -OCH3 is 2. The Bertz CT molecular complexity index is 1260. The van der Waals surface area contributed by atoms with Gasteiger partial charge in [0.1, 0.15) is 17.1 Å². The molecule has 8 heteroatoms. The van der Waals surface area contributed by atoms with Crippen molar-refractivity contribution in [3.63, 3.8) is 0 Å². The third-order valence-corrected chi connectivity index (χ3v) is 5.47. The molecule has 1 aliphatic rings. The SMILES string of the molecule is COC(=O)C1=C(N)Oc2cc(C)n(Cc3cccnc3)c(=O)c2[C@H]1c1cccc(OC)c1. The number of benzene rings is 1. The molecule has 0 saturated heterocycles. The number of pyridine rings is 2. The van der Waals surface area contributed by atoms with Crippen LogP contribution in [0.2, 0.25) is 0 Å². The molecule has 0 bridgehead atoms. The molecular formula is C24H23N3O5. The number of fused-ring (bicyclic) bond motifs is 1. The molecule has 164 valence electrons. The van der Waals surface area contributed by atoms with E-state index in [2.05, 4.69) is 4.98 Å². The first-order chi connectivity index (χ1) is 15.4. The molecule has 4 rings (SSSR count). The van der Waals surface area contributed by atoms with Gasteiger partial charge in [-0.15, -0.1) is 0 Å². The Morgan fingerprint density at radius 3 is 2.72 bits per heavy atom. The Morgan fingerprint density at radius 1 is 1.22 bits per heavy atom. The third kappa shape index (κ3) is 3.71. The van der Waals surface area contributed by atoms with E-state index >= 15 is 0 Å². The van der Waals surface area contributed by atoms with Gasteiger partial charge in [-0.3, -0.25) is 9.78 Å². The average molecular weight is 433 g/mol. The Morgan fingerprint density at radius 2 is 2.03 bits per heavy atom. The number of esters is 1. The van der Waals surface area contributed by atoms with Gasteiger partial charge in [0.15, 0.2) is 0 Å². The van der Waals surface area contributed by atoms with Crippen molar-refractivity contribution in [2.75, 3.05) is 14.2 Å². The summed E-state index contributed by atoms with van der Waals surface area (Å²) < 4.78 is 17.7. The van der Waals surface area contributed by atoms with Crippen molar-refractivity contribution >= 4 is 5.97 Å². The van der Waals surface area contributed by atoms with Crippen LogP contribution in [0.25, 0.3) is 0 Å². The molecule has 3 aromatic rings. The summed E-state index contributed by atoms with van der Waals surface area (Å²) in [4.78, 5) is 30.6. The van der Waals surface area contributed by atoms with E-state index in [9.17, 15) is 9.59 Å². The van der Waals surface area contributed by atoms with Gasteiger partial charge < -0.3 is 24.5 Å². The zero-order valence-electron chi connectivity index (χ0n) is 18.0. The van der Waals surface area contributed by atoms with Gasteiger partial charge in [-0.05, 0) is 36.2 Å². The second kappa shape index (κ2) is 8.58. The van der Waals surface area contributed by atoms with Crippen LogP contribution in [0, 0.1) is 6.92 Å². The summed E-state index contributed by atoms with van der Waals surface area (Å²) in [5.74, 6) is -0.649. The summed E-state index contributed by atoms with van der Waals surface area (Å²) in [5, 5.41) is 0. The summed E-state index contributed by atoms with van der Waals surface area (Å²) in [6.07, 6.45) is 3.38. The number of rotatable bonds is 5. The zero-order chi connectivity index (χ0) is 22.8. The van der Waals surface area contributed by atoms with Crippen molar-refractivity contribution in [3.05, 3.63) is 99.1 Å². The maximum atomic E-state index is 13.8. The highest BCUT2D eigenvalue weighted by Crippen LogP contribution is 2.42. The van der Waals surface area contributed by atoms with Gasteiger partial charge in [0.25, 0.3) is 5.56 Å². The molecule has 0 radical (unpaired) electrons. The summed E-state index contributed by atoms with van der Waals surface area (Å²) >= 11 is 0.